The van der Waals surface area contributed by atoms with E-state index < -0.39 is 11.6 Å². The fourth-order valence-corrected chi connectivity index (χ4v) is 7.84. The predicted molar refractivity (Wildman–Crippen MR) is 160 cm³/mol. The highest BCUT2D eigenvalue weighted by atomic mass is 16.6. The molecule has 7 rings (SSSR count). The summed E-state index contributed by atoms with van der Waals surface area (Å²) in [6.07, 6.45) is 12.2. The first kappa shape index (κ1) is 28.3. The summed E-state index contributed by atoms with van der Waals surface area (Å²) in [5, 5.41) is 11.2. The summed E-state index contributed by atoms with van der Waals surface area (Å²) in [6.45, 7) is 7.77. The molecule has 0 radical (unpaired) electrons. The van der Waals surface area contributed by atoms with Crippen LogP contribution in [-0.2, 0) is 33.0 Å². The van der Waals surface area contributed by atoms with Gasteiger partial charge in [-0.3, -0.25) is 9.79 Å². The van der Waals surface area contributed by atoms with E-state index in [2.05, 4.69) is 11.8 Å². The highest BCUT2D eigenvalue weighted by molar-refractivity contribution is 6.15. The van der Waals surface area contributed by atoms with Gasteiger partial charge in [0.15, 0.2) is 5.60 Å². The predicted octanol–water partition coefficient (Wildman–Crippen LogP) is 3.55. The van der Waals surface area contributed by atoms with Crippen LogP contribution < -0.4 is 5.56 Å². The van der Waals surface area contributed by atoms with Crippen molar-refractivity contribution in [3.05, 3.63) is 68.4 Å². The van der Waals surface area contributed by atoms with E-state index in [1.54, 1.807) is 17.6 Å². The van der Waals surface area contributed by atoms with Crippen LogP contribution in [-0.4, -0.2) is 75.5 Å². The molecule has 6 aliphatic rings. The number of cyclic esters (lactones) is 1. The summed E-state index contributed by atoms with van der Waals surface area (Å²) in [5.74, 6) is -0.283. The van der Waals surface area contributed by atoms with E-state index in [0.29, 0.717) is 48.3 Å². The number of hydrogen-bond donors (Lipinski definition) is 1. The van der Waals surface area contributed by atoms with Gasteiger partial charge in [0.25, 0.3) is 5.56 Å². The molecular weight excluding hydrogens is 548 g/mol. The Morgan fingerprint density at radius 3 is 2.63 bits per heavy atom. The molecule has 2 fully saturated rings. The van der Waals surface area contributed by atoms with Crippen molar-refractivity contribution in [1.82, 2.24) is 14.4 Å². The summed E-state index contributed by atoms with van der Waals surface area (Å²) in [6, 6.07) is 2.11. The van der Waals surface area contributed by atoms with Crippen molar-refractivity contribution in [3.63, 3.8) is 0 Å². The SMILES string of the molecule is CCC1=C2Cn3c(cc4c(c3=O)COC(=O)C4(O)CC)C2=NC2C=CC(OC(=O)N3CCC(N4CCCCC4)CC3)=CC12. The van der Waals surface area contributed by atoms with E-state index in [0.717, 1.165) is 36.1 Å². The summed E-state index contributed by atoms with van der Waals surface area (Å²) >= 11 is 0. The zero-order valence-corrected chi connectivity index (χ0v) is 25.0. The number of ether oxygens (including phenoxy) is 2. The van der Waals surface area contributed by atoms with Crippen LogP contribution in [0, 0.1) is 5.92 Å². The van der Waals surface area contributed by atoms with Gasteiger partial charge in [0.1, 0.15) is 12.4 Å². The van der Waals surface area contributed by atoms with E-state index >= 15 is 0 Å². The normalized spacial score (nSPS) is 28.8. The maximum Gasteiger partial charge on any atom is 0.415 e. The van der Waals surface area contributed by atoms with Gasteiger partial charge in [-0.15, -0.1) is 0 Å². The second kappa shape index (κ2) is 10.9. The number of likely N-dealkylation sites (tertiary alicyclic amines) is 2. The first-order valence-corrected chi connectivity index (χ1v) is 15.9. The Morgan fingerprint density at radius 2 is 1.91 bits per heavy atom. The second-order valence-electron chi connectivity index (χ2n) is 12.6. The molecule has 10 nitrogen and oxygen atoms in total. The Labute approximate surface area is 251 Å². The number of nitrogens with zero attached hydrogens (tertiary/aromatic N) is 4. The number of hydrogen-bond acceptors (Lipinski definition) is 8. The fourth-order valence-electron chi connectivity index (χ4n) is 7.84. The molecule has 0 aromatic carbocycles. The van der Waals surface area contributed by atoms with Crippen molar-refractivity contribution >= 4 is 17.8 Å². The standard InChI is InChI=1S/C33H40N4O6/c1-3-22-23-16-21(43-32(40)36-14-10-20(11-15-36)35-12-6-5-7-13-35)8-9-27(23)34-29-24(22)18-37-28(29)17-26-25(30(37)38)19-42-31(39)33(26,41)4-2/h8-9,16-17,20,23,27,41H,3-7,10-15,18-19H2,1-2H3. The summed E-state index contributed by atoms with van der Waals surface area (Å²) in [7, 11) is 0. The van der Waals surface area contributed by atoms with Gasteiger partial charge in [0, 0.05) is 30.6 Å². The van der Waals surface area contributed by atoms with Crippen molar-refractivity contribution < 1.29 is 24.2 Å². The molecule has 5 aliphatic heterocycles. The average molecular weight is 589 g/mol. The van der Waals surface area contributed by atoms with Gasteiger partial charge in [0.05, 0.1) is 29.6 Å². The Kier molecular flexibility index (Phi) is 7.16. The number of carbonyl (C=O) groups is 2. The number of aromatic nitrogens is 1. The van der Waals surface area contributed by atoms with Crippen LogP contribution in [0.2, 0.25) is 0 Å². The number of carbonyl (C=O) groups excluding carboxylic acids is 2. The van der Waals surface area contributed by atoms with Crippen molar-refractivity contribution in [3.8, 4) is 0 Å². The molecule has 0 saturated carbocycles. The lowest BCUT2D eigenvalue weighted by atomic mass is 9.80. The Balaban J connectivity index is 1.11. The largest absolute Gasteiger partial charge is 0.458 e. The molecule has 228 valence electrons. The number of pyridine rings is 1. The first-order chi connectivity index (χ1) is 20.8. The summed E-state index contributed by atoms with van der Waals surface area (Å²) < 4.78 is 12.8. The molecule has 3 unspecified atom stereocenters. The van der Waals surface area contributed by atoms with Gasteiger partial charge in [-0.1, -0.05) is 31.9 Å². The minimum absolute atomic E-state index is 0.0847. The summed E-state index contributed by atoms with van der Waals surface area (Å²) in [5.41, 5.74) is 1.99. The van der Waals surface area contributed by atoms with Crippen molar-refractivity contribution in [2.24, 2.45) is 10.9 Å². The van der Waals surface area contributed by atoms with Gasteiger partial charge >= 0.3 is 12.1 Å². The molecule has 2 saturated heterocycles. The van der Waals surface area contributed by atoms with E-state index in [9.17, 15) is 19.5 Å². The van der Waals surface area contributed by atoms with E-state index in [1.165, 1.54) is 32.4 Å². The number of fused-ring (bicyclic) bond motifs is 5. The number of esters is 1. The van der Waals surface area contributed by atoms with E-state index in [1.807, 2.05) is 23.1 Å². The summed E-state index contributed by atoms with van der Waals surface area (Å²) in [4.78, 5) is 48.7. The van der Waals surface area contributed by atoms with Crippen LogP contribution in [0.3, 0.4) is 0 Å². The number of aliphatic imine (C=N–C) groups is 1. The van der Waals surface area contributed by atoms with Crippen LogP contribution >= 0.6 is 0 Å². The van der Waals surface area contributed by atoms with Crippen molar-refractivity contribution in [2.45, 2.75) is 89.6 Å². The molecule has 1 aromatic rings. The molecule has 6 heterocycles. The molecule has 1 N–H and O–H groups in total. The van der Waals surface area contributed by atoms with E-state index in [-0.39, 0.29) is 36.6 Å². The highest BCUT2D eigenvalue weighted by Crippen LogP contribution is 2.41. The molecule has 0 spiro atoms. The molecule has 1 amide bonds. The number of rotatable bonds is 4. The fraction of sp³-hybridized carbons (Fsp3) is 0.576. The number of aliphatic hydroxyl groups is 1. The van der Waals surface area contributed by atoms with Crippen LogP contribution in [0.15, 0.2) is 51.0 Å². The zero-order valence-electron chi connectivity index (χ0n) is 25.0. The molecule has 1 aliphatic carbocycles. The number of allylic oxidation sites excluding steroid dienone is 2. The van der Waals surface area contributed by atoms with Gasteiger partial charge in [-0.2, -0.15) is 0 Å². The van der Waals surface area contributed by atoms with Crippen LogP contribution in [0.4, 0.5) is 4.79 Å². The number of piperidine rings is 2. The lowest BCUT2D eigenvalue weighted by molar-refractivity contribution is -0.172. The van der Waals surface area contributed by atoms with Crippen LogP contribution in [0.5, 0.6) is 0 Å². The van der Waals surface area contributed by atoms with Crippen LogP contribution in [0.25, 0.3) is 0 Å². The first-order valence-electron chi connectivity index (χ1n) is 15.9. The zero-order chi connectivity index (χ0) is 29.9. The quantitative estimate of drug-likeness (QED) is 0.535. The van der Waals surface area contributed by atoms with Crippen LogP contribution in [0.1, 0.15) is 75.6 Å². The van der Waals surface area contributed by atoms with Gasteiger partial charge in [-0.25, -0.2) is 9.59 Å². The Bertz CT molecular complexity index is 1540. The third-order valence-electron chi connectivity index (χ3n) is 10.3. The van der Waals surface area contributed by atoms with Crippen molar-refractivity contribution in [1.29, 1.82) is 0 Å². The lowest BCUT2D eigenvalue weighted by Gasteiger charge is -2.39. The molecule has 0 bridgehead atoms. The van der Waals surface area contributed by atoms with E-state index in [4.69, 9.17) is 14.5 Å². The molecule has 3 atom stereocenters. The minimum Gasteiger partial charge on any atom is -0.458 e. The molecule has 10 heteroatoms. The second-order valence-corrected chi connectivity index (χ2v) is 12.6. The maximum atomic E-state index is 13.6. The Morgan fingerprint density at radius 1 is 1.14 bits per heavy atom. The lowest BCUT2D eigenvalue weighted by Crippen LogP contribution is -2.48. The highest BCUT2D eigenvalue weighted by Gasteiger charge is 2.46. The third kappa shape index (κ3) is 4.61. The Hall–Kier alpha value is -3.50. The molecule has 1 aromatic heterocycles. The smallest absolute Gasteiger partial charge is 0.415 e. The van der Waals surface area contributed by atoms with Crippen molar-refractivity contribution in [2.75, 3.05) is 26.2 Å². The van der Waals surface area contributed by atoms with Gasteiger partial charge < -0.3 is 28.9 Å². The van der Waals surface area contributed by atoms with Gasteiger partial charge in [-0.05, 0) is 75.4 Å². The number of dihydropyridines is 1. The molecular formula is C33H40N4O6. The number of amides is 1. The monoisotopic (exact) mass is 588 g/mol. The molecule has 43 heavy (non-hydrogen) atoms. The third-order valence-corrected chi connectivity index (χ3v) is 10.3. The average Bonchev–Trinajstić information content (AvgIpc) is 3.41. The van der Waals surface area contributed by atoms with Gasteiger partial charge in [0.2, 0.25) is 0 Å². The topological polar surface area (TPSA) is 114 Å². The maximum absolute atomic E-state index is 13.6. The minimum atomic E-state index is -1.85.